The molecule has 0 spiro atoms. The monoisotopic (exact) mass is 535 g/mol. The fourth-order valence-electron chi connectivity index (χ4n) is 3.25. The van der Waals surface area contributed by atoms with Crippen molar-refractivity contribution in [3.63, 3.8) is 0 Å². The Hall–Kier alpha value is -1.79. The summed E-state index contributed by atoms with van der Waals surface area (Å²) in [5, 5.41) is 5.54. The Morgan fingerprint density at radius 2 is 1.03 bits per heavy atom. The van der Waals surface area contributed by atoms with Gasteiger partial charge in [0.2, 0.25) is 0 Å². The summed E-state index contributed by atoms with van der Waals surface area (Å²) in [6.45, 7) is 4.41. The van der Waals surface area contributed by atoms with Crippen LogP contribution in [0.5, 0.6) is 0 Å². The average Bonchev–Trinajstić information content (AvgIpc) is 3.24. The molecule has 0 aliphatic heterocycles. The fourth-order valence-corrected chi connectivity index (χ4v) is 3.25. The molecule has 0 aliphatic rings. The summed E-state index contributed by atoms with van der Waals surface area (Å²) in [6, 6.07) is 41.0. The van der Waals surface area contributed by atoms with E-state index in [1.54, 1.807) is 0 Å². The van der Waals surface area contributed by atoms with Crippen molar-refractivity contribution in [3.8, 4) is 0 Å². The van der Waals surface area contributed by atoms with E-state index >= 15 is 0 Å². The van der Waals surface area contributed by atoms with Crippen molar-refractivity contribution in [2.45, 2.75) is 26.7 Å². The second-order valence-corrected chi connectivity index (χ2v) is 10.7. The summed E-state index contributed by atoms with van der Waals surface area (Å²) in [5.74, 6) is 0. The van der Waals surface area contributed by atoms with E-state index in [0.717, 1.165) is 12.8 Å². The van der Waals surface area contributed by atoms with Crippen LogP contribution < -0.4 is 0 Å². The van der Waals surface area contributed by atoms with E-state index < -0.39 is 20.8 Å². The second-order valence-electron chi connectivity index (χ2n) is 6.92. The van der Waals surface area contributed by atoms with Crippen molar-refractivity contribution < 1.29 is 20.8 Å². The van der Waals surface area contributed by atoms with Crippen molar-refractivity contribution in [2.24, 2.45) is 0 Å². The summed E-state index contributed by atoms with van der Waals surface area (Å²) in [6.07, 6.45) is 2.22. The van der Waals surface area contributed by atoms with Crippen molar-refractivity contribution in [2.75, 3.05) is 0 Å². The molecular weight excluding hydrogens is 510 g/mol. The van der Waals surface area contributed by atoms with Crippen molar-refractivity contribution in [1.29, 1.82) is 0 Å². The number of fused-ring (bicyclic) bond motifs is 3. The maximum Gasteiger partial charge on any atom is -0.171 e. The smallest absolute Gasteiger partial charge is 0.171 e. The zero-order chi connectivity index (χ0) is 23.0. The number of halogens is 2. The maximum atomic E-state index is 4.93. The molecule has 5 rings (SSSR count). The molecule has 0 nitrogen and oxygen atoms in total. The molecule has 0 N–H and O–H groups in total. The van der Waals surface area contributed by atoms with E-state index in [-0.39, 0.29) is 0 Å². The molecular formula is C29H27Cl2Zr-3. The van der Waals surface area contributed by atoms with Gasteiger partial charge in [0, 0.05) is 0 Å². The number of hydrogen-bond acceptors (Lipinski definition) is 0. The molecule has 0 unspecified atom stereocenters. The Labute approximate surface area is 211 Å². The standard InChI is InChI=1S/C17H17.2C6H5.2ClH.Zr/c1-3-12-5-7-16-14(9-12)11-15-10-13(4-2)6-8-17(15)16;2*1-2-4-6-5-3-1;;;/h5-11H,3-4H2,1-2H3;2*1-5H;2*1H;/q3*-1;;;+2/p-2. The quantitative estimate of drug-likeness (QED) is 0.197. The summed E-state index contributed by atoms with van der Waals surface area (Å²) >= 11 is -0.826. The molecule has 5 aromatic carbocycles. The molecule has 0 radical (unpaired) electrons. The van der Waals surface area contributed by atoms with E-state index in [9.17, 15) is 0 Å². The van der Waals surface area contributed by atoms with Gasteiger partial charge < -0.3 is 0 Å². The minimum Gasteiger partial charge on any atom is -0.184 e. The molecule has 3 heteroatoms. The van der Waals surface area contributed by atoms with Gasteiger partial charge in [-0.15, -0.1) is 39.7 Å². The second kappa shape index (κ2) is 15.9. The zero-order valence-corrected chi connectivity index (χ0v) is 22.5. The van der Waals surface area contributed by atoms with Crippen LogP contribution in [0.1, 0.15) is 25.0 Å². The van der Waals surface area contributed by atoms with Crippen molar-refractivity contribution >= 4 is 38.6 Å². The summed E-state index contributed by atoms with van der Waals surface area (Å²) in [7, 11) is 9.87. The molecule has 32 heavy (non-hydrogen) atoms. The Bertz CT molecular complexity index is 992. The van der Waals surface area contributed by atoms with Crippen LogP contribution in [0.4, 0.5) is 0 Å². The molecule has 0 saturated carbocycles. The van der Waals surface area contributed by atoms with Gasteiger partial charge in [0.25, 0.3) is 0 Å². The van der Waals surface area contributed by atoms with Crippen molar-refractivity contribution in [3.05, 3.63) is 126 Å². The summed E-state index contributed by atoms with van der Waals surface area (Å²) < 4.78 is 0. The van der Waals surface area contributed by atoms with Crippen LogP contribution in [-0.2, 0) is 33.7 Å². The molecule has 0 bridgehead atoms. The molecule has 5 aromatic rings. The number of aryl methyl sites for hydroxylation is 2. The fraction of sp³-hybridized carbons (Fsp3) is 0.138. The minimum absolute atomic E-state index is 0.826. The van der Waals surface area contributed by atoms with Crippen LogP contribution in [0.15, 0.2) is 103 Å². The Kier molecular flexibility index (Phi) is 13.2. The van der Waals surface area contributed by atoms with E-state index in [1.807, 2.05) is 60.7 Å². The first-order valence-electron chi connectivity index (χ1n) is 10.6. The van der Waals surface area contributed by atoms with Gasteiger partial charge in [-0.1, -0.05) is 49.2 Å². The first kappa shape index (κ1) is 26.5. The van der Waals surface area contributed by atoms with Crippen LogP contribution in [0, 0.1) is 12.1 Å². The maximum absolute atomic E-state index is 4.93. The van der Waals surface area contributed by atoms with Gasteiger partial charge in [-0.3, -0.25) is 0 Å². The first-order chi connectivity index (χ1) is 15.7. The van der Waals surface area contributed by atoms with E-state index in [2.05, 4.69) is 68.4 Å². The molecule has 164 valence electrons. The molecule has 0 heterocycles. The third-order valence-electron chi connectivity index (χ3n) is 4.86. The van der Waals surface area contributed by atoms with Gasteiger partial charge in [0.15, 0.2) is 0 Å². The molecule has 0 aromatic heterocycles. The number of rotatable bonds is 2. The molecule has 0 saturated heterocycles. The number of benzene rings is 4. The normalized spacial score (nSPS) is 9.50. The summed E-state index contributed by atoms with van der Waals surface area (Å²) in [4.78, 5) is 0. The third kappa shape index (κ3) is 8.99. The van der Waals surface area contributed by atoms with Gasteiger partial charge in [-0.05, 0) is 12.8 Å². The molecule has 0 amide bonds. The van der Waals surface area contributed by atoms with E-state index in [4.69, 9.17) is 17.0 Å². The SMILES string of the molecule is CCc1ccc2c(c1)[cH-]c1cc(CC)ccc12.[Cl][Zr][Cl].[c-]1ccccc1.[c-]1ccccc1. The van der Waals surface area contributed by atoms with Gasteiger partial charge in [-0.2, -0.15) is 72.8 Å². The molecule has 0 aliphatic carbocycles. The van der Waals surface area contributed by atoms with E-state index in [0.29, 0.717) is 0 Å². The van der Waals surface area contributed by atoms with Crippen molar-refractivity contribution in [1.82, 2.24) is 0 Å². The average molecular weight is 538 g/mol. The van der Waals surface area contributed by atoms with Gasteiger partial charge in [0.05, 0.1) is 0 Å². The number of hydrogen-bond donors (Lipinski definition) is 0. The van der Waals surface area contributed by atoms with Crippen LogP contribution >= 0.6 is 17.0 Å². The van der Waals surface area contributed by atoms with Gasteiger partial charge in [0.1, 0.15) is 0 Å². The zero-order valence-electron chi connectivity index (χ0n) is 18.5. The summed E-state index contributed by atoms with van der Waals surface area (Å²) in [5.41, 5.74) is 2.84. The predicted molar refractivity (Wildman–Crippen MR) is 138 cm³/mol. The van der Waals surface area contributed by atoms with Gasteiger partial charge in [-0.25, -0.2) is 0 Å². The topological polar surface area (TPSA) is 0 Å². The van der Waals surface area contributed by atoms with Gasteiger partial charge >= 0.3 is 37.9 Å². The van der Waals surface area contributed by atoms with Crippen LogP contribution in [0.25, 0.3) is 21.5 Å². The minimum atomic E-state index is -0.826. The van der Waals surface area contributed by atoms with Crippen LogP contribution in [-0.4, -0.2) is 0 Å². The molecule has 0 atom stereocenters. The Morgan fingerprint density at radius 1 is 0.656 bits per heavy atom. The largest absolute Gasteiger partial charge is 0.184 e. The van der Waals surface area contributed by atoms with E-state index in [1.165, 1.54) is 32.7 Å². The third-order valence-corrected chi connectivity index (χ3v) is 4.86. The van der Waals surface area contributed by atoms with Crippen LogP contribution in [0.2, 0.25) is 0 Å². The Morgan fingerprint density at radius 3 is 1.28 bits per heavy atom. The van der Waals surface area contributed by atoms with Crippen LogP contribution in [0.3, 0.4) is 0 Å². The molecule has 0 fully saturated rings. The predicted octanol–water partition coefficient (Wildman–Crippen LogP) is 9.19. The first-order valence-corrected chi connectivity index (χ1v) is 17.0. The Balaban J connectivity index is 0.000000198.